The van der Waals surface area contributed by atoms with Crippen molar-refractivity contribution in [2.75, 3.05) is 11.9 Å². The van der Waals surface area contributed by atoms with Gasteiger partial charge < -0.3 is 14.5 Å². The monoisotopic (exact) mass is 351 g/mol. The molecule has 0 saturated heterocycles. The Morgan fingerprint density at radius 2 is 2.04 bits per heavy atom. The molecule has 3 rings (SSSR count). The molecule has 2 heterocycles. The summed E-state index contributed by atoms with van der Waals surface area (Å²) in [6, 6.07) is 14.6. The number of esters is 1. The molecule has 7 nitrogen and oxygen atoms in total. The number of amides is 1. The highest BCUT2D eigenvalue weighted by molar-refractivity contribution is 5.94. The van der Waals surface area contributed by atoms with E-state index >= 15 is 0 Å². The average Bonchev–Trinajstić information content (AvgIpc) is 3.28. The Labute approximate surface area is 149 Å². The van der Waals surface area contributed by atoms with Gasteiger partial charge in [0.15, 0.2) is 6.61 Å². The van der Waals surface area contributed by atoms with E-state index in [-0.39, 0.29) is 0 Å². The van der Waals surface area contributed by atoms with Crippen molar-refractivity contribution in [1.82, 2.24) is 9.78 Å². The summed E-state index contributed by atoms with van der Waals surface area (Å²) in [6.45, 7) is 1.43. The predicted octanol–water partition coefficient (Wildman–Crippen LogP) is 2.97. The van der Waals surface area contributed by atoms with Crippen molar-refractivity contribution >= 4 is 23.8 Å². The molecule has 0 aliphatic heterocycles. The summed E-state index contributed by atoms with van der Waals surface area (Å²) in [7, 11) is 0. The largest absolute Gasteiger partial charge is 0.465 e. The minimum Gasteiger partial charge on any atom is -0.465 e. The maximum atomic E-state index is 12.1. The molecule has 26 heavy (non-hydrogen) atoms. The molecule has 1 N–H and O–H groups in total. The van der Waals surface area contributed by atoms with E-state index in [1.54, 1.807) is 22.9 Å². The molecular formula is C19H17N3O4. The number of nitrogens with one attached hydrogen (secondary N) is 1. The number of hydrogen-bond donors (Lipinski definition) is 1. The molecule has 0 aliphatic rings. The summed E-state index contributed by atoms with van der Waals surface area (Å²) in [5, 5.41) is 7.06. The van der Waals surface area contributed by atoms with E-state index < -0.39 is 18.5 Å². The fourth-order valence-corrected chi connectivity index (χ4v) is 2.25. The third kappa shape index (κ3) is 4.47. The second kappa shape index (κ2) is 7.98. The van der Waals surface area contributed by atoms with Crippen LogP contribution in [-0.4, -0.2) is 28.3 Å². The molecule has 0 saturated carbocycles. The molecule has 0 fully saturated rings. The van der Waals surface area contributed by atoms with Crippen LogP contribution in [0.3, 0.4) is 0 Å². The van der Waals surface area contributed by atoms with Crippen LogP contribution in [-0.2, 0) is 14.3 Å². The van der Waals surface area contributed by atoms with Crippen LogP contribution in [0.25, 0.3) is 11.8 Å². The molecule has 7 heteroatoms. The Bertz CT molecular complexity index is 912. The molecule has 0 spiro atoms. The zero-order valence-electron chi connectivity index (χ0n) is 14.1. The zero-order valence-corrected chi connectivity index (χ0v) is 14.1. The number of aromatic nitrogens is 2. The lowest BCUT2D eigenvalue weighted by atomic mass is 10.3. The molecule has 1 aromatic carbocycles. The summed E-state index contributed by atoms with van der Waals surface area (Å²) in [6.07, 6.45) is 4.16. The van der Waals surface area contributed by atoms with Crippen molar-refractivity contribution in [3.8, 4) is 5.69 Å². The number of carbonyl (C=O) groups excluding carboxylic acids is 2. The Balaban J connectivity index is 1.58. The SMILES string of the molecule is Cc1cc(NC(=O)COC(=O)/C=C/c2ccco2)n(-c2ccccc2)n1. The average molecular weight is 351 g/mol. The van der Waals surface area contributed by atoms with Crippen LogP contribution < -0.4 is 5.32 Å². The Morgan fingerprint density at radius 1 is 1.23 bits per heavy atom. The topological polar surface area (TPSA) is 86.4 Å². The van der Waals surface area contributed by atoms with Gasteiger partial charge in [-0.25, -0.2) is 9.48 Å². The zero-order chi connectivity index (χ0) is 18.4. The summed E-state index contributed by atoms with van der Waals surface area (Å²) >= 11 is 0. The second-order valence-electron chi connectivity index (χ2n) is 5.42. The first-order valence-electron chi connectivity index (χ1n) is 7.92. The summed E-state index contributed by atoms with van der Waals surface area (Å²) in [5.74, 6) is -0.0688. The lowest BCUT2D eigenvalue weighted by Crippen LogP contribution is -2.21. The number of ether oxygens (including phenoxy) is 1. The minimum absolute atomic E-state index is 0.402. The number of benzene rings is 1. The number of rotatable bonds is 6. The molecule has 0 aliphatic carbocycles. The van der Waals surface area contributed by atoms with E-state index in [1.165, 1.54) is 18.4 Å². The lowest BCUT2D eigenvalue weighted by Gasteiger charge is -2.08. The maximum absolute atomic E-state index is 12.1. The lowest BCUT2D eigenvalue weighted by molar-refractivity contribution is -0.142. The van der Waals surface area contributed by atoms with Gasteiger partial charge in [-0.15, -0.1) is 0 Å². The summed E-state index contributed by atoms with van der Waals surface area (Å²) in [4.78, 5) is 23.7. The van der Waals surface area contributed by atoms with Gasteiger partial charge in [-0.1, -0.05) is 18.2 Å². The van der Waals surface area contributed by atoms with E-state index in [1.807, 2.05) is 37.3 Å². The van der Waals surface area contributed by atoms with Crippen molar-refractivity contribution in [3.05, 3.63) is 72.3 Å². The number of para-hydroxylation sites is 1. The summed E-state index contributed by atoms with van der Waals surface area (Å²) < 4.78 is 11.6. The van der Waals surface area contributed by atoms with Crippen molar-refractivity contribution in [3.63, 3.8) is 0 Å². The van der Waals surface area contributed by atoms with Crippen LogP contribution in [0.4, 0.5) is 5.82 Å². The van der Waals surface area contributed by atoms with Crippen LogP contribution >= 0.6 is 0 Å². The smallest absolute Gasteiger partial charge is 0.331 e. The fraction of sp³-hybridized carbons (Fsp3) is 0.105. The standard InChI is InChI=1S/C19H17N3O4/c1-14-12-17(22(21-14)15-6-3-2-4-7-15)20-18(23)13-26-19(24)10-9-16-8-5-11-25-16/h2-12H,13H2,1H3,(H,20,23)/b10-9+. The van der Waals surface area contributed by atoms with Crippen molar-refractivity contribution in [1.29, 1.82) is 0 Å². The van der Waals surface area contributed by atoms with E-state index in [4.69, 9.17) is 9.15 Å². The molecule has 0 bridgehead atoms. The van der Waals surface area contributed by atoms with Crippen LogP contribution in [0, 0.1) is 6.92 Å². The first kappa shape index (κ1) is 17.2. The number of nitrogens with zero attached hydrogens (tertiary/aromatic N) is 2. The first-order chi connectivity index (χ1) is 12.6. The Morgan fingerprint density at radius 3 is 2.77 bits per heavy atom. The number of anilines is 1. The third-order valence-corrected chi connectivity index (χ3v) is 3.37. The van der Waals surface area contributed by atoms with Crippen LogP contribution in [0.2, 0.25) is 0 Å². The highest BCUT2D eigenvalue weighted by Gasteiger charge is 2.12. The number of furan rings is 1. The van der Waals surface area contributed by atoms with Crippen molar-refractivity contribution in [2.24, 2.45) is 0 Å². The molecule has 3 aromatic rings. The van der Waals surface area contributed by atoms with E-state index in [0.29, 0.717) is 11.6 Å². The molecule has 132 valence electrons. The Kier molecular flexibility index (Phi) is 5.28. The van der Waals surface area contributed by atoms with Gasteiger partial charge in [-0.2, -0.15) is 5.10 Å². The molecule has 0 unspecified atom stereocenters. The highest BCUT2D eigenvalue weighted by Crippen LogP contribution is 2.16. The van der Waals surface area contributed by atoms with Crippen LogP contribution in [0.1, 0.15) is 11.5 Å². The fourth-order valence-electron chi connectivity index (χ4n) is 2.25. The molecule has 0 atom stereocenters. The number of carbonyl (C=O) groups is 2. The van der Waals surface area contributed by atoms with Gasteiger partial charge in [0.1, 0.15) is 11.6 Å². The molecular weight excluding hydrogens is 334 g/mol. The van der Waals surface area contributed by atoms with Gasteiger partial charge >= 0.3 is 5.97 Å². The highest BCUT2D eigenvalue weighted by atomic mass is 16.5. The van der Waals surface area contributed by atoms with Crippen LogP contribution in [0.5, 0.6) is 0 Å². The molecule has 1 amide bonds. The molecule has 0 radical (unpaired) electrons. The van der Waals surface area contributed by atoms with E-state index in [2.05, 4.69) is 10.4 Å². The predicted molar refractivity (Wildman–Crippen MR) is 95.6 cm³/mol. The maximum Gasteiger partial charge on any atom is 0.331 e. The van der Waals surface area contributed by atoms with E-state index in [9.17, 15) is 9.59 Å². The quantitative estimate of drug-likeness (QED) is 0.545. The van der Waals surface area contributed by atoms with Gasteiger partial charge in [0.05, 0.1) is 17.6 Å². The normalized spacial score (nSPS) is 10.8. The van der Waals surface area contributed by atoms with Gasteiger partial charge in [-0.05, 0) is 37.3 Å². The Hall–Kier alpha value is -3.61. The third-order valence-electron chi connectivity index (χ3n) is 3.37. The number of aryl methyl sites for hydroxylation is 1. The second-order valence-corrected chi connectivity index (χ2v) is 5.42. The van der Waals surface area contributed by atoms with Crippen molar-refractivity contribution in [2.45, 2.75) is 6.92 Å². The van der Waals surface area contributed by atoms with E-state index in [0.717, 1.165) is 11.4 Å². The van der Waals surface area contributed by atoms with Crippen LogP contribution in [0.15, 0.2) is 65.3 Å². The van der Waals surface area contributed by atoms with Gasteiger partial charge in [0.2, 0.25) is 0 Å². The van der Waals surface area contributed by atoms with Gasteiger partial charge in [0.25, 0.3) is 5.91 Å². The number of hydrogen-bond acceptors (Lipinski definition) is 5. The van der Waals surface area contributed by atoms with Gasteiger partial charge in [0, 0.05) is 12.1 Å². The first-order valence-corrected chi connectivity index (χ1v) is 7.92. The van der Waals surface area contributed by atoms with Crippen molar-refractivity contribution < 1.29 is 18.7 Å². The summed E-state index contributed by atoms with van der Waals surface area (Å²) in [5.41, 5.74) is 1.57. The minimum atomic E-state index is -0.635. The molecule has 2 aromatic heterocycles. The van der Waals surface area contributed by atoms with Gasteiger partial charge in [-0.3, -0.25) is 4.79 Å².